The molecule has 2 nitrogen and oxygen atoms in total. The second-order valence-electron chi connectivity index (χ2n) is 3.04. The molecule has 0 saturated carbocycles. The van der Waals surface area contributed by atoms with E-state index in [4.69, 9.17) is 10.00 Å². The maximum atomic E-state index is 8.54. The van der Waals surface area contributed by atoms with Gasteiger partial charge in [0.2, 0.25) is 0 Å². The fourth-order valence-electron chi connectivity index (χ4n) is 1.31. The molecule has 0 aliphatic rings. The fraction of sp³-hybridized carbons (Fsp3) is 0.0714. The van der Waals surface area contributed by atoms with E-state index in [1.807, 2.05) is 43.4 Å². The topological polar surface area (TPSA) is 33.0 Å². The lowest BCUT2D eigenvalue weighted by Crippen LogP contribution is -1.89. The van der Waals surface area contributed by atoms with Gasteiger partial charge in [0.25, 0.3) is 6.26 Å². The van der Waals surface area contributed by atoms with Crippen LogP contribution in [-0.4, -0.2) is 0 Å². The highest BCUT2D eigenvalue weighted by atomic mass is 16.5. The van der Waals surface area contributed by atoms with Gasteiger partial charge in [-0.3, -0.25) is 0 Å². The molecule has 1 rings (SSSR count). The Morgan fingerprint density at radius 1 is 1.44 bits per heavy atom. The summed E-state index contributed by atoms with van der Waals surface area (Å²) in [5, 5.41) is 8.54. The lowest BCUT2D eigenvalue weighted by Gasteiger charge is -2.06. The predicted octanol–water partition coefficient (Wildman–Crippen LogP) is 3.69. The van der Waals surface area contributed by atoms with Gasteiger partial charge < -0.3 is 4.74 Å². The second-order valence-corrected chi connectivity index (χ2v) is 3.04. The van der Waals surface area contributed by atoms with Crippen molar-refractivity contribution >= 4 is 5.57 Å². The number of benzene rings is 1. The fourth-order valence-corrected chi connectivity index (χ4v) is 1.31. The number of rotatable bonds is 4. The van der Waals surface area contributed by atoms with Crippen molar-refractivity contribution in [3.8, 4) is 12.0 Å². The molecule has 1 aromatic rings. The Bertz CT molecular complexity index is 464. The molecule has 0 radical (unpaired) electrons. The van der Waals surface area contributed by atoms with Gasteiger partial charge in [-0.1, -0.05) is 49.1 Å². The van der Waals surface area contributed by atoms with E-state index in [1.165, 1.54) is 0 Å². The van der Waals surface area contributed by atoms with Crippen LogP contribution in [0.2, 0.25) is 0 Å². The Balaban J connectivity index is 3.19. The van der Waals surface area contributed by atoms with Crippen molar-refractivity contribution < 1.29 is 4.74 Å². The first-order chi connectivity index (χ1) is 7.83. The van der Waals surface area contributed by atoms with Crippen LogP contribution in [0.15, 0.2) is 55.1 Å². The Labute approximate surface area is 95.8 Å². The van der Waals surface area contributed by atoms with E-state index in [0.717, 1.165) is 11.1 Å². The Kier molecular flexibility index (Phi) is 4.62. The van der Waals surface area contributed by atoms with Crippen LogP contribution in [0, 0.1) is 11.5 Å². The lowest BCUT2D eigenvalue weighted by atomic mass is 10.0. The number of nitrogens with zero attached hydrogens (tertiary/aromatic N) is 1. The van der Waals surface area contributed by atoms with E-state index in [9.17, 15) is 0 Å². The third kappa shape index (κ3) is 2.86. The third-order valence-corrected chi connectivity index (χ3v) is 2.04. The third-order valence-electron chi connectivity index (χ3n) is 2.04. The van der Waals surface area contributed by atoms with Gasteiger partial charge in [0.15, 0.2) is 0 Å². The zero-order valence-corrected chi connectivity index (χ0v) is 9.18. The molecule has 0 fully saturated rings. The molecule has 0 heterocycles. The molecule has 0 aliphatic heterocycles. The quantitative estimate of drug-likeness (QED) is 0.562. The standard InChI is InChI=1S/C14H13NO/c1-3-5-8-12(4-2)13-9-6-7-10-14(13)16-11-15/h3-10H,2H2,1H3/b5-3-,12-8+. The lowest BCUT2D eigenvalue weighted by molar-refractivity contribution is 0.505. The minimum Gasteiger partial charge on any atom is -0.387 e. The Morgan fingerprint density at radius 2 is 2.19 bits per heavy atom. The summed E-state index contributed by atoms with van der Waals surface area (Å²) in [4.78, 5) is 0. The molecule has 16 heavy (non-hydrogen) atoms. The first kappa shape index (κ1) is 11.8. The first-order valence-electron chi connectivity index (χ1n) is 4.94. The molecule has 0 N–H and O–H groups in total. The van der Waals surface area contributed by atoms with Crippen molar-refractivity contribution in [2.45, 2.75) is 6.92 Å². The summed E-state index contributed by atoms with van der Waals surface area (Å²) in [5.74, 6) is 0.542. The molecule has 0 saturated heterocycles. The number of hydrogen-bond donors (Lipinski definition) is 0. The largest absolute Gasteiger partial charge is 0.387 e. The number of ether oxygens (including phenoxy) is 1. The van der Waals surface area contributed by atoms with Gasteiger partial charge in [0.1, 0.15) is 5.75 Å². The number of hydrogen-bond acceptors (Lipinski definition) is 2. The molecule has 1 aromatic carbocycles. The maximum Gasteiger partial charge on any atom is 0.292 e. The van der Waals surface area contributed by atoms with Crippen molar-refractivity contribution in [3.05, 3.63) is 60.7 Å². The molecule has 0 bridgehead atoms. The number of nitriles is 1. The summed E-state index contributed by atoms with van der Waals surface area (Å²) in [6.07, 6.45) is 9.18. The molecule has 0 spiro atoms. The van der Waals surface area contributed by atoms with Gasteiger partial charge in [0, 0.05) is 5.56 Å². The van der Waals surface area contributed by atoms with Crippen LogP contribution in [0.25, 0.3) is 5.57 Å². The van der Waals surface area contributed by atoms with Gasteiger partial charge >= 0.3 is 0 Å². The molecule has 0 atom stereocenters. The molecule has 0 unspecified atom stereocenters. The summed E-state index contributed by atoms with van der Waals surface area (Å²) >= 11 is 0. The monoisotopic (exact) mass is 211 g/mol. The second kappa shape index (κ2) is 6.26. The van der Waals surface area contributed by atoms with E-state index in [-0.39, 0.29) is 0 Å². The highest BCUT2D eigenvalue weighted by molar-refractivity contribution is 5.78. The van der Waals surface area contributed by atoms with Crippen LogP contribution in [-0.2, 0) is 0 Å². The van der Waals surface area contributed by atoms with Crippen LogP contribution in [0.4, 0.5) is 0 Å². The molecule has 0 amide bonds. The average molecular weight is 211 g/mol. The Hall–Kier alpha value is -2.27. The summed E-state index contributed by atoms with van der Waals surface area (Å²) in [7, 11) is 0. The first-order valence-corrected chi connectivity index (χ1v) is 4.94. The van der Waals surface area contributed by atoms with Crippen LogP contribution in [0.1, 0.15) is 12.5 Å². The minimum atomic E-state index is 0.542. The minimum absolute atomic E-state index is 0.542. The van der Waals surface area contributed by atoms with Gasteiger partial charge in [-0.2, -0.15) is 0 Å². The SMILES string of the molecule is C=C/C(=C\C=C/C)c1ccccc1OC#N. The molecular weight excluding hydrogens is 198 g/mol. The van der Waals surface area contributed by atoms with Crippen LogP contribution >= 0.6 is 0 Å². The van der Waals surface area contributed by atoms with Crippen LogP contribution < -0.4 is 4.74 Å². The van der Waals surface area contributed by atoms with Crippen LogP contribution in [0.3, 0.4) is 0 Å². The highest BCUT2D eigenvalue weighted by Gasteiger charge is 2.04. The summed E-state index contributed by atoms with van der Waals surface area (Å²) in [6, 6.07) is 7.37. The van der Waals surface area contributed by atoms with E-state index >= 15 is 0 Å². The van der Waals surface area contributed by atoms with E-state index in [0.29, 0.717) is 5.75 Å². The Morgan fingerprint density at radius 3 is 2.81 bits per heavy atom. The van der Waals surface area contributed by atoms with Gasteiger partial charge in [0.05, 0.1) is 0 Å². The molecule has 80 valence electrons. The van der Waals surface area contributed by atoms with Gasteiger partial charge in [-0.25, -0.2) is 0 Å². The van der Waals surface area contributed by atoms with E-state index in [2.05, 4.69) is 6.58 Å². The highest BCUT2D eigenvalue weighted by Crippen LogP contribution is 2.26. The molecule has 0 aliphatic carbocycles. The molecule has 2 heteroatoms. The maximum absolute atomic E-state index is 8.54. The zero-order valence-electron chi connectivity index (χ0n) is 9.18. The zero-order chi connectivity index (χ0) is 11.8. The molecule has 0 aromatic heterocycles. The van der Waals surface area contributed by atoms with Crippen molar-refractivity contribution in [1.82, 2.24) is 0 Å². The van der Waals surface area contributed by atoms with Crippen molar-refractivity contribution in [2.24, 2.45) is 0 Å². The van der Waals surface area contributed by atoms with Crippen molar-refractivity contribution in [1.29, 1.82) is 5.26 Å². The van der Waals surface area contributed by atoms with Crippen molar-refractivity contribution in [2.75, 3.05) is 0 Å². The van der Waals surface area contributed by atoms with Gasteiger partial charge in [-0.15, -0.1) is 5.26 Å². The normalized spacial score (nSPS) is 11.1. The summed E-state index contributed by atoms with van der Waals surface area (Å²) < 4.78 is 4.89. The van der Waals surface area contributed by atoms with Gasteiger partial charge in [-0.05, 0) is 18.6 Å². The van der Waals surface area contributed by atoms with E-state index < -0.39 is 0 Å². The predicted molar refractivity (Wildman–Crippen MR) is 65.7 cm³/mol. The smallest absolute Gasteiger partial charge is 0.292 e. The summed E-state index contributed by atoms with van der Waals surface area (Å²) in [6.45, 7) is 5.69. The van der Waals surface area contributed by atoms with E-state index in [1.54, 1.807) is 18.4 Å². The van der Waals surface area contributed by atoms with Crippen LogP contribution in [0.5, 0.6) is 5.75 Å². The number of allylic oxidation sites excluding steroid dienone is 5. The average Bonchev–Trinajstić information content (AvgIpc) is 2.32. The molecular formula is C14H13NO. The van der Waals surface area contributed by atoms with Crippen molar-refractivity contribution in [3.63, 3.8) is 0 Å². The number of para-hydroxylation sites is 1. The summed E-state index contributed by atoms with van der Waals surface area (Å²) in [5.41, 5.74) is 1.78.